The number of rotatable bonds is 3. The van der Waals surface area contributed by atoms with E-state index in [1.807, 2.05) is 0 Å². The van der Waals surface area contributed by atoms with Crippen LogP contribution in [-0.2, 0) is 6.42 Å². The van der Waals surface area contributed by atoms with E-state index in [-0.39, 0.29) is 6.04 Å². The van der Waals surface area contributed by atoms with Gasteiger partial charge in [-0.15, -0.1) is 0 Å². The maximum absolute atomic E-state index is 5.99. The van der Waals surface area contributed by atoms with Crippen LogP contribution in [0.3, 0.4) is 0 Å². The summed E-state index contributed by atoms with van der Waals surface area (Å²) in [6, 6.07) is 9.71. The molecule has 0 bridgehead atoms. The van der Waals surface area contributed by atoms with Gasteiger partial charge in [0.2, 0.25) is 0 Å². The number of para-hydroxylation sites is 1. The Morgan fingerprint density at radius 3 is 2.68 bits per heavy atom. The van der Waals surface area contributed by atoms with Crippen LogP contribution in [0.4, 0.5) is 0 Å². The molecule has 0 aliphatic heterocycles. The molecule has 1 heterocycles. The summed E-state index contributed by atoms with van der Waals surface area (Å²) < 4.78 is 2.52. The van der Waals surface area contributed by atoms with Gasteiger partial charge in [-0.3, -0.25) is 0 Å². The number of nitrogens with zero attached hydrogens (tertiary/aromatic N) is 1. The smallest absolute Gasteiger partial charge is 0.0485 e. The van der Waals surface area contributed by atoms with Crippen molar-refractivity contribution in [1.29, 1.82) is 0 Å². The van der Waals surface area contributed by atoms with E-state index in [0.717, 1.165) is 6.42 Å². The van der Waals surface area contributed by atoms with Crippen molar-refractivity contribution in [2.45, 2.75) is 57.5 Å². The van der Waals surface area contributed by atoms with Crippen LogP contribution in [0.2, 0.25) is 0 Å². The third-order valence-corrected chi connectivity index (χ3v) is 4.33. The van der Waals surface area contributed by atoms with E-state index in [9.17, 15) is 0 Å². The average Bonchev–Trinajstić information content (AvgIpc) is 2.78. The molecule has 0 saturated heterocycles. The Morgan fingerprint density at radius 2 is 1.95 bits per heavy atom. The molecular weight excluding hydrogens is 232 g/mol. The summed E-state index contributed by atoms with van der Waals surface area (Å²) in [6.07, 6.45) is 10.2. The third-order valence-electron chi connectivity index (χ3n) is 4.33. The van der Waals surface area contributed by atoms with Crippen molar-refractivity contribution in [2.75, 3.05) is 0 Å². The minimum Gasteiger partial charge on any atom is -0.344 e. The van der Waals surface area contributed by atoms with Crippen LogP contribution in [-0.4, -0.2) is 10.6 Å². The van der Waals surface area contributed by atoms with Crippen molar-refractivity contribution >= 4 is 10.9 Å². The molecule has 2 N–H and O–H groups in total. The van der Waals surface area contributed by atoms with E-state index in [1.165, 1.54) is 48.6 Å². The number of aromatic nitrogens is 1. The van der Waals surface area contributed by atoms with Crippen LogP contribution in [0.25, 0.3) is 10.9 Å². The Labute approximate surface area is 115 Å². The lowest BCUT2D eigenvalue weighted by molar-refractivity contribution is 0.360. The van der Waals surface area contributed by atoms with Crippen molar-refractivity contribution in [3.05, 3.63) is 36.0 Å². The molecule has 2 nitrogen and oxygen atoms in total. The first-order chi connectivity index (χ1) is 9.25. The normalized spacial score (nSPS) is 18.8. The van der Waals surface area contributed by atoms with E-state index in [1.54, 1.807) is 0 Å². The van der Waals surface area contributed by atoms with E-state index >= 15 is 0 Å². The molecule has 1 unspecified atom stereocenters. The van der Waals surface area contributed by atoms with Crippen molar-refractivity contribution in [2.24, 2.45) is 5.73 Å². The second kappa shape index (κ2) is 5.38. The number of benzene rings is 1. The summed E-state index contributed by atoms with van der Waals surface area (Å²) in [4.78, 5) is 0. The fourth-order valence-electron chi connectivity index (χ4n) is 3.45. The molecule has 1 saturated carbocycles. The Morgan fingerprint density at radius 1 is 1.21 bits per heavy atom. The Bertz CT molecular complexity index is 547. The molecule has 0 radical (unpaired) electrons. The summed E-state index contributed by atoms with van der Waals surface area (Å²) in [5, 5.41) is 1.39. The van der Waals surface area contributed by atoms with Gasteiger partial charge in [0.15, 0.2) is 0 Å². The summed E-state index contributed by atoms with van der Waals surface area (Å²) in [7, 11) is 0. The number of nitrogens with two attached hydrogens (primary N) is 1. The molecule has 3 rings (SSSR count). The molecular formula is C17H24N2. The van der Waals surface area contributed by atoms with Crippen molar-refractivity contribution < 1.29 is 0 Å². The molecule has 1 fully saturated rings. The van der Waals surface area contributed by atoms with E-state index in [2.05, 4.69) is 42.0 Å². The van der Waals surface area contributed by atoms with Gasteiger partial charge in [-0.25, -0.2) is 0 Å². The monoisotopic (exact) mass is 256 g/mol. The first-order valence-electron chi connectivity index (χ1n) is 7.60. The molecule has 19 heavy (non-hydrogen) atoms. The van der Waals surface area contributed by atoms with E-state index < -0.39 is 0 Å². The molecule has 1 aliphatic carbocycles. The second-order valence-corrected chi connectivity index (χ2v) is 6.05. The minimum absolute atomic E-state index is 0.227. The van der Waals surface area contributed by atoms with Crippen LogP contribution in [0.1, 0.15) is 50.6 Å². The first kappa shape index (κ1) is 12.7. The van der Waals surface area contributed by atoms with Crippen LogP contribution in [0.15, 0.2) is 30.5 Å². The fraction of sp³-hybridized carbons (Fsp3) is 0.529. The molecule has 0 amide bonds. The van der Waals surface area contributed by atoms with Crippen LogP contribution >= 0.6 is 0 Å². The van der Waals surface area contributed by atoms with Gasteiger partial charge in [0.1, 0.15) is 0 Å². The molecule has 1 atom stereocenters. The van der Waals surface area contributed by atoms with Gasteiger partial charge < -0.3 is 10.3 Å². The van der Waals surface area contributed by atoms with E-state index in [0.29, 0.717) is 6.04 Å². The standard InChI is InChI=1S/C17H24N2/c1-13(18)11-14-12-19(15-7-3-2-4-8-15)17-10-6-5-9-16(14)17/h5-6,9-10,12-13,15H,2-4,7-8,11,18H2,1H3. The van der Waals surface area contributed by atoms with Gasteiger partial charge in [0.25, 0.3) is 0 Å². The number of hydrogen-bond acceptors (Lipinski definition) is 1. The molecule has 102 valence electrons. The van der Waals surface area contributed by atoms with Crippen molar-refractivity contribution in [3.8, 4) is 0 Å². The van der Waals surface area contributed by atoms with Crippen LogP contribution < -0.4 is 5.73 Å². The number of hydrogen-bond donors (Lipinski definition) is 1. The van der Waals surface area contributed by atoms with Crippen molar-refractivity contribution in [3.63, 3.8) is 0 Å². The van der Waals surface area contributed by atoms with Gasteiger partial charge in [-0.1, -0.05) is 37.5 Å². The highest BCUT2D eigenvalue weighted by molar-refractivity contribution is 5.84. The highest BCUT2D eigenvalue weighted by atomic mass is 15.0. The van der Waals surface area contributed by atoms with Gasteiger partial charge in [-0.2, -0.15) is 0 Å². The third kappa shape index (κ3) is 2.55. The zero-order chi connectivity index (χ0) is 13.2. The Hall–Kier alpha value is -1.28. The lowest BCUT2D eigenvalue weighted by atomic mass is 9.95. The maximum atomic E-state index is 5.99. The Balaban J connectivity index is 2.03. The minimum atomic E-state index is 0.227. The first-order valence-corrected chi connectivity index (χ1v) is 7.60. The SMILES string of the molecule is CC(N)Cc1cn(C2CCCCC2)c2ccccc12. The molecule has 2 aromatic rings. The summed E-state index contributed by atoms with van der Waals surface area (Å²) >= 11 is 0. The van der Waals surface area contributed by atoms with Crippen LogP contribution in [0, 0.1) is 0 Å². The predicted octanol–water partition coefficient (Wildman–Crippen LogP) is 4.04. The Kier molecular flexibility index (Phi) is 3.61. The summed E-state index contributed by atoms with van der Waals surface area (Å²) in [5.74, 6) is 0. The average molecular weight is 256 g/mol. The zero-order valence-electron chi connectivity index (χ0n) is 11.8. The van der Waals surface area contributed by atoms with Gasteiger partial charge in [0.05, 0.1) is 0 Å². The topological polar surface area (TPSA) is 30.9 Å². The largest absolute Gasteiger partial charge is 0.344 e. The highest BCUT2D eigenvalue weighted by Crippen LogP contribution is 2.33. The predicted molar refractivity (Wildman–Crippen MR) is 81.4 cm³/mol. The van der Waals surface area contributed by atoms with Crippen LogP contribution in [0.5, 0.6) is 0 Å². The van der Waals surface area contributed by atoms with Gasteiger partial charge >= 0.3 is 0 Å². The lowest BCUT2D eigenvalue weighted by Gasteiger charge is -2.24. The molecule has 0 spiro atoms. The molecule has 1 aliphatic rings. The molecule has 1 aromatic heterocycles. The summed E-state index contributed by atoms with van der Waals surface area (Å²) in [5.41, 5.74) is 8.80. The van der Waals surface area contributed by atoms with Gasteiger partial charge in [-0.05, 0) is 37.8 Å². The fourth-order valence-corrected chi connectivity index (χ4v) is 3.45. The van der Waals surface area contributed by atoms with Gasteiger partial charge in [0, 0.05) is 29.2 Å². The quantitative estimate of drug-likeness (QED) is 0.883. The van der Waals surface area contributed by atoms with Crippen molar-refractivity contribution in [1.82, 2.24) is 4.57 Å². The highest BCUT2D eigenvalue weighted by Gasteiger charge is 2.18. The lowest BCUT2D eigenvalue weighted by Crippen LogP contribution is -2.17. The summed E-state index contributed by atoms with van der Waals surface area (Å²) in [6.45, 7) is 2.09. The molecule has 1 aromatic carbocycles. The molecule has 2 heteroatoms. The van der Waals surface area contributed by atoms with E-state index in [4.69, 9.17) is 5.73 Å². The second-order valence-electron chi connectivity index (χ2n) is 6.05. The maximum Gasteiger partial charge on any atom is 0.0485 e. The number of fused-ring (bicyclic) bond motifs is 1. The zero-order valence-corrected chi connectivity index (χ0v) is 11.8.